The minimum absolute atomic E-state index is 0.00804. The predicted molar refractivity (Wildman–Crippen MR) is 153 cm³/mol. The lowest BCUT2D eigenvalue weighted by molar-refractivity contribution is -0.152. The van der Waals surface area contributed by atoms with Gasteiger partial charge in [0.2, 0.25) is 0 Å². The molecule has 0 heterocycles. The first-order valence-electron chi connectivity index (χ1n) is 14.3. The largest absolute Gasteiger partial charge is 0.514 e. The highest BCUT2D eigenvalue weighted by Gasteiger charge is 2.24. The highest BCUT2D eigenvalue weighted by Crippen LogP contribution is 2.30. The van der Waals surface area contributed by atoms with E-state index in [2.05, 4.69) is 0 Å². The van der Waals surface area contributed by atoms with Crippen LogP contribution in [0.25, 0.3) is 0 Å². The SMILES string of the molecule is CCCC(C)OC(=O)OC[C@H](C)OC(=O)[C@@H](N)Cc1ccc(OC(=O)OC(C)C(C)C)c(OC(=O)OC(C)C(C)C)c1. The molecule has 0 spiro atoms. The Kier molecular flexibility index (Phi) is 15.7. The Bertz CT molecular complexity index is 1030. The van der Waals surface area contributed by atoms with Crippen LogP contribution in [-0.2, 0) is 34.9 Å². The molecule has 0 aromatic heterocycles. The average Bonchev–Trinajstić information content (AvgIpc) is 2.88. The summed E-state index contributed by atoms with van der Waals surface area (Å²) in [5.41, 5.74) is 6.54. The molecule has 0 aliphatic heterocycles. The fourth-order valence-electron chi connectivity index (χ4n) is 3.15. The van der Waals surface area contributed by atoms with Gasteiger partial charge in [-0.3, -0.25) is 4.79 Å². The van der Waals surface area contributed by atoms with Crippen molar-refractivity contribution in [1.82, 2.24) is 0 Å². The molecule has 1 rings (SSSR count). The van der Waals surface area contributed by atoms with Crippen molar-refractivity contribution in [3.05, 3.63) is 23.8 Å². The molecule has 0 saturated heterocycles. The van der Waals surface area contributed by atoms with E-state index in [0.29, 0.717) is 12.0 Å². The molecule has 0 aliphatic rings. The maximum absolute atomic E-state index is 12.6. The molecular weight excluding hydrogens is 550 g/mol. The lowest BCUT2D eigenvalue weighted by Crippen LogP contribution is -2.37. The van der Waals surface area contributed by atoms with Crippen LogP contribution in [0.4, 0.5) is 14.4 Å². The minimum Gasteiger partial charge on any atom is -0.458 e. The molecule has 0 bridgehead atoms. The van der Waals surface area contributed by atoms with Crippen molar-refractivity contribution >= 4 is 24.4 Å². The minimum atomic E-state index is -1.10. The van der Waals surface area contributed by atoms with Crippen molar-refractivity contribution in [1.29, 1.82) is 0 Å². The molecule has 12 nitrogen and oxygen atoms in total. The van der Waals surface area contributed by atoms with Crippen LogP contribution in [0, 0.1) is 11.8 Å². The van der Waals surface area contributed by atoms with Gasteiger partial charge in [0.1, 0.15) is 37.1 Å². The van der Waals surface area contributed by atoms with Crippen LogP contribution in [0.2, 0.25) is 0 Å². The van der Waals surface area contributed by atoms with Crippen molar-refractivity contribution in [2.45, 2.75) is 112 Å². The number of benzene rings is 1. The third-order valence-corrected chi connectivity index (χ3v) is 6.34. The summed E-state index contributed by atoms with van der Waals surface area (Å²) >= 11 is 0. The summed E-state index contributed by atoms with van der Waals surface area (Å²) in [7, 11) is 0. The average molecular weight is 598 g/mol. The molecule has 5 atom stereocenters. The second-order valence-corrected chi connectivity index (χ2v) is 11.0. The molecule has 238 valence electrons. The quantitative estimate of drug-likeness (QED) is 0.144. The summed E-state index contributed by atoms with van der Waals surface area (Å²) in [6, 6.07) is 3.25. The zero-order valence-electron chi connectivity index (χ0n) is 26.2. The topological polar surface area (TPSA) is 159 Å². The van der Waals surface area contributed by atoms with Crippen molar-refractivity contribution in [2.24, 2.45) is 17.6 Å². The molecule has 0 fully saturated rings. The highest BCUT2D eigenvalue weighted by atomic mass is 16.8. The van der Waals surface area contributed by atoms with E-state index in [-0.39, 0.29) is 42.5 Å². The van der Waals surface area contributed by atoms with Crippen molar-refractivity contribution in [3.63, 3.8) is 0 Å². The molecular formula is C30H47NO11. The Morgan fingerprint density at radius 2 is 1.26 bits per heavy atom. The second-order valence-electron chi connectivity index (χ2n) is 11.0. The van der Waals surface area contributed by atoms with Crippen molar-refractivity contribution in [2.75, 3.05) is 6.61 Å². The van der Waals surface area contributed by atoms with Gasteiger partial charge in [0.05, 0.1) is 0 Å². The van der Waals surface area contributed by atoms with E-state index in [0.717, 1.165) is 6.42 Å². The van der Waals surface area contributed by atoms with E-state index in [1.807, 2.05) is 34.6 Å². The third kappa shape index (κ3) is 13.9. The Labute approximate surface area is 248 Å². The molecule has 3 unspecified atom stereocenters. The lowest BCUT2D eigenvalue weighted by atomic mass is 10.1. The molecule has 0 saturated carbocycles. The fraction of sp³-hybridized carbons (Fsp3) is 0.667. The number of hydrogen-bond donors (Lipinski definition) is 1. The van der Waals surface area contributed by atoms with E-state index in [1.165, 1.54) is 12.1 Å². The van der Waals surface area contributed by atoms with Crippen molar-refractivity contribution < 1.29 is 52.3 Å². The smallest absolute Gasteiger partial charge is 0.458 e. The van der Waals surface area contributed by atoms with E-state index >= 15 is 0 Å². The summed E-state index contributed by atoms with van der Waals surface area (Å²) in [6.45, 7) is 16.1. The maximum atomic E-state index is 12.6. The van der Waals surface area contributed by atoms with Crippen LogP contribution in [0.3, 0.4) is 0 Å². The highest BCUT2D eigenvalue weighted by molar-refractivity contribution is 5.76. The van der Waals surface area contributed by atoms with Gasteiger partial charge in [0.25, 0.3) is 0 Å². The standard InChI is InChI=1S/C30H47NO11/c1-10-11-19(6)38-28(33)36-16-20(7)37-27(32)24(31)14-23-12-13-25(41-29(34)39-21(8)17(2)3)26(15-23)42-30(35)40-22(9)18(4)5/h12-13,15,17-22,24H,10-11,14,16,31H2,1-9H3/t19?,20-,21?,22?,24-/m0/s1. The number of rotatable bonds is 15. The van der Waals surface area contributed by atoms with Crippen LogP contribution in [0.15, 0.2) is 18.2 Å². The molecule has 1 aromatic carbocycles. The van der Waals surface area contributed by atoms with E-state index in [9.17, 15) is 19.2 Å². The van der Waals surface area contributed by atoms with E-state index in [4.69, 9.17) is 38.9 Å². The molecule has 42 heavy (non-hydrogen) atoms. The molecule has 12 heteroatoms. The monoisotopic (exact) mass is 597 g/mol. The number of esters is 1. The Hall–Kier alpha value is -3.54. The van der Waals surface area contributed by atoms with E-state index in [1.54, 1.807) is 33.8 Å². The molecule has 1 aromatic rings. The van der Waals surface area contributed by atoms with Gasteiger partial charge in [-0.25, -0.2) is 14.4 Å². The Morgan fingerprint density at radius 3 is 1.79 bits per heavy atom. The summed E-state index contributed by atoms with van der Waals surface area (Å²) in [6.07, 6.45) is -3.17. The zero-order valence-corrected chi connectivity index (χ0v) is 26.2. The predicted octanol–water partition coefficient (Wildman–Crippen LogP) is 5.95. The fourth-order valence-corrected chi connectivity index (χ4v) is 3.15. The van der Waals surface area contributed by atoms with Gasteiger partial charge >= 0.3 is 24.4 Å². The number of nitrogens with two attached hydrogens (primary N) is 1. The van der Waals surface area contributed by atoms with Crippen LogP contribution in [-0.4, -0.2) is 61.5 Å². The first-order valence-corrected chi connectivity index (χ1v) is 14.3. The summed E-state index contributed by atoms with van der Waals surface area (Å²) < 4.78 is 36.6. The van der Waals surface area contributed by atoms with Crippen molar-refractivity contribution in [3.8, 4) is 11.5 Å². The summed E-state index contributed by atoms with van der Waals surface area (Å²) in [4.78, 5) is 49.1. The number of carbonyl (C=O) groups excluding carboxylic acids is 4. The van der Waals surface area contributed by atoms with Crippen LogP contribution in [0.5, 0.6) is 11.5 Å². The second kappa shape index (κ2) is 18.1. The first-order chi connectivity index (χ1) is 19.6. The van der Waals surface area contributed by atoms with E-state index < -0.39 is 48.8 Å². The van der Waals surface area contributed by atoms with Crippen LogP contribution >= 0.6 is 0 Å². The molecule has 0 radical (unpaired) electrons. The van der Waals surface area contributed by atoms with Gasteiger partial charge in [-0.2, -0.15) is 0 Å². The van der Waals surface area contributed by atoms with Crippen LogP contribution < -0.4 is 15.2 Å². The normalized spacial score (nSPS) is 14.7. The summed E-state index contributed by atoms with van der Waals surface area (Å²) in [5.74, 6) is -0.851. The zero-order chi connectivity index (χ0) is 32.0. The van der Waals surface area contributed by atoms with Gasteiger partial charge in [0.15, 0.2) is 11.5 Å². The number of hydrogen-bond acceptors (Lipinski definition) is 12. The third-order valence-electron chi connectivity index (χ3n) is 6.34. The number of ether oxygens (including phenoxy) is 7. The van der Waals surface area contributed by atoms with Crippen LogP contribution in [0.1, 0.15) is 80.7 Å². The molecule has 0 aliphatic carbocycles. The van der Waals surface area contributed by atoms with Gasteiger partial charge in [0, 0.05) is 0 Å². The van der Waals surface area contributed by atoms with Gasteiger partial charge < -0.3 is 38.9 Å². The van der Waals surface area contributed by atoms with Gasteiger partial charge in [-0.05, 0) is 70.1 Å². The van der Waals surface area contributed by atoms with Gasteiger partial charge in [-0.1, -0.05) is 47.1 Å². The molecule has 0 amide bonds. The Balaban J connectivity index is 2.90. The summed E-state index contributed by atoms with van der Waals surface area (Å²) in [5, 5.41) is 0. The first kappa shape index (κ1) is 36.5. The Morgan fingerprint density at radius 1 is 0.714 bits per heavy atom. The van der Waals surface area contributed by atoms with Gasteiger partial charge in [-0.15, -0.1) is 0 Å². The maximum Gasteiger partial charge on any atom is 0.514 e. The number of carbonyl (C=O) groups is 4. The lowest BCUT2D eigenvalue weighted by Gasteiger charge is -2.19. The molecule has 2 N–H and O–H groups in total.